The first-order chi connectivity index (χ1) is 10.2. The third-order valence-corrected chi connectivity index (χ3v) is 3.86. The van der Waals surface area contributed by atoms with E-state index in [1.165, 1.54) is 0 Å². The van der Waals surface area contributed by atoms with Gasteiger partial charge in [-0.1, -0.05) is 12.1 Å². The van der Waals surface area contributed by atoms with E-state index in [9.17, 15) is 0 Å². The molecule has 21 heavy (non-hydrogen) atoms. The topological polar surface area (TPSA) is 66.0 Å². The zero-order valence-electron chi connectivity index (χ0n) is 12.6. The van der Waals surface area contributed by atoms with Crippen LogP contribution in [0.1, 0.15) is 26.1 Å². The van der Waals surface area contributed by atoms with Gasteiger partial charge in [0.25, 0.3) is 0 Å². The molecule has 1 atom stereocenters. The maximum atomic E-state index is 5.77. The maximum Gasteiger partial charge on any atom is 0.164 e. The molecule has 1 unspecified atom stereocenters. The van der Waals surface area contributed by atoms with Crippen LogP contribution in [0.25, 0.3) is 11.4 Å². The fourth-order valence-electron chi connectivity index (χ4n) is 2.79. The van der Waals surface area contributed by atoms with Gasteiger partial charge in [0, 0.05) is 18.5 Å². The van der Waals surface area contributed by atoms with Crippen molar-refractivity contribution in [2.75, 3.05) is 6.54 Å². The molecule has 5 nitrogen and oxygen atoms in total. The molecule has 0 aliphatic carbocycles. The third-order valence-electron chi connectivity index (χ3n) is 3.86. The number of fused-ring (bicyclic) bond motifs is 1. The Bertz CT molecular complexity index is 620. The molecular weight excluding hydrogens is 264 g/mol. The van der Waals surface area contributed by atoms with Gasteiger partial charge in [-0.25, -0.2) is 0 Å². The van der Waals surface area contributed by atoms with Crippen LogP contribution in [0.3, 0.4) is 0 Å². The van der Waals surface area contributed by atoms with Gasteiger partial charge in [-0.3, -0.25) is 0 Å². The largest absolute Gasteiger partial charge is 0.491 e. The molecule has 5 heteroatoms. The molecule has 0 saturated carbocycles. The Hall–Kier alpha value is -1.88. The minimum absolute atomic E-state index is 0.165. The Morgan fingerprint density at radius 3 is 3.00 bits per heavy atom. The Morgan fingerprint density at radius 2 is 2.24 bits per heavy atom. The summed E-state index contributed by atoms with van der Waals surface area (Å²) in [5.74, 6) is 3.37. The molecule has 1 aliphatic heterocycles. The van der Waals surface area contributed by atoms with E-state index in [1.54, 1.807) is 0 Å². The Balaban J connectivity index is 1.90. The van der Waals surface area contributed by atoms with E-state index in [0.29, 0.717) is 5.92 Å². The molecule has 3 rings (SSSR count). The molecule has 2 N–H and O–H groups in total. The second-order valence-corrected chi connectivity index (χ2v) is 5.88. The van der Waals surface area contributed by atoms with Gasteiger partial charge < -0.3 is 15.0 Å². The number of ether oxygens (including phenoxy) is 1. The molecule has 0 fully saturated rings. The molecule has 2 aromatic rings. The average Bonchev–Trinajstić information content (AvgIpc) is 2.89. The first-order valence-electron chi connectivity index (χ1n) is 7.56. The van der Waals surface area contributed by atoms with Gasteiger partial charge in [0.05, 0.1) is 6.10 Å². The summed E-state index contributed by atoms with van der Waals surface area (Å²) in [6, 6.07) is 8.06. The van der Waals surface area contributed by atoms with Crippen molar-refractivity contribution in [2.24, 2.45) is 11.7 Å². The normalized spacial score (nSPS) is 17.8. The fraction of sp³-hybridized carbons (Fsp3) is 0.500. The fourth-order valence-corrected chi connectivity index (χ4v) is 2.79. The molecule has 0 saturated heterocycles. The molecule has 1 aromatic heterocycles. The van der Waals surface area contributed by atoms with Crippen LogP contribution < -0.4 is 10.5 Å². The summed E-state index contributed by atoms with van der Waals surface area (Å²) in [6.07, 6.45) is 2.18. The number of rotatable bonds is 4. The third kappa shape index (κ3) is 2.93. The van der Waals surface area contributed by atoms with Crippen molar-refractivity contribution in [3.05, 3.63) is 30.1 Å². The van der Waals surface area contributed by atoms with Gasteiger partial charge in [-0.2, -0.15) is 0 Å². The van der Waals surface area contributed by atoms with Crippen molar-refractivity contribution in [1.82, 2.24) is 14.8 Å². The molecule has 0 bridgehead atoms. The van der Waals surface area contributed by atoms with Crippen molar-refractivity contribution in [3.8, 4) is 17.1 Å². The number of nitrogens with zero attached hydrogens (tertiary/aromatic N) is 3. The summed E-state index contributed by atoms with van der Waals surface area (Å²) >= 11 is 0. The summed E-state index contributed by atoms with van der Waals surface area (Å²) in [7, 11) is 0. The monoisotopic (exact) mass is 286 g/mol. The zero-order chi connectivity index (χ0) is 14.8. The highest BCUT2D eigenvalue weighted by atomic mass is 16.5. The summed E-state index contributed by atoms with van der Waals surface area (Å²) in [5, 5.41) is 8.71. The lowest BCUT2D eigenvalue weighted by atomic mass is 9.98. The Morgan fingerprint density at radius 1 is 1.38 bits per heavy atom. The lowest BCUT2D eigenvalue weighted by Crippen LogP contribution is -2.25. The first kappa shape index (κ1) is 14.1. The molecule has 0 radical (unpaired) electrons. The van der Waals surface area contributed by atoms with Gasteiger partial charge in [0.1, 0.15) is 11.6 Å². The molecule has 112 valence electrons. The van der Waals surface area contributed by atoms with Crippen LogP contribution in [0.2, 0.25) is 0 Å². The number of aromatic nitrogens is 3. The van der Waals surface area contributed by atoms with E-state index in [1.807, 2.05) is 32.0 Å². The van der Waals surface area contributed by atoms with Gasteiger partial charge >= 0.3 is 0 Å². The van der Waals surface area contributed by atoms with Crippen LogP contribution in [-0.2, 0) is 13.0 Å². The molecular formula is C16H22N4O. The second kappa shape index (κ2) is 5.85. The van der Waals surface area contributed by atoms with Crippen LogP contribution in [0.4, 0.5) is 0 Å². The number of benzene rings is 1. The highest BCUT2D eigenvalue weighted by molar-refractivity contribution is 5.58. The van der Waals surface area contributed by atoms with E-state index >= 15 is 0 Å². The predicted molar refractivity (Wildman–Crippen MR) is 82.1 cm³/mol. The van der Waals surface area contributed by atoms with Crippen LogP contribution in [-0.4, -0.2) is 27.4 Å². The predicted octanol–water partition coefficient (Wildman–Crippen LogP) is 2.25. The lowest BCUT2D eigenvalue weighted by molar-refractivity contribution is 0.242. The highest BCUT2D eigenvalue weighted by Crippen LogP contribution is 2.27. The van der Waals surface area contributed by atoms with Gasteiger partial charge in [-0.15, -0.1) is 10.2 Å². The smallest absolute Gasteiger partial charge is 0.164 e. The number of hydrogen-bond donors (Lipinski definition) is 1. The SMILES string of the molecule is CC(C)Oc1cccc(-c2nnc3n2CCC(CN)C3)c1. The molecule has 0 amide bonds. The quantitative estimate of drug-likeness (QED) is 0.936. The number of hydrogen-bond acceptors (Lipinski definition) is 4. The van der Waals surface area contributed by atoms with Crippen LogP contribution in [0.15, 0.2) is 24.3 Å². The molecule has 1 aliphatic rings. The van der Waals surface area contributed by atoms with Crippen molar-refractivity contribution in [2.45, 2.75) is 39.3 Å². The second-order valence-electron chi connectivity index (χ2n) is 5.88. The van der Waals surface area contributed by atoms with Crippen molar-refractivity contribution in [3.63, 3.8) is 0 Å². The average molecular weight is 286 g/mol. The standard InChI is InChI=1S/C16H22N4O/c1-11(2)21-14-5-3-4-13(9-14)16-19-18-15-8-12(10-17)6-7-20(15)16/h3-5,9,11-12H,6-8,10,17H2,1-2H3. The van der Waals surface area contributed by atoms with E-state index in [2.05, 4.69) is 20.8 Å². The minimum Gasteiger partial charge on any atom is -0.491 e. The Labute approximate surface area is 125 Å². The molecule has 2 heterocycles. The maximum absolute atomic E-state index is 5.77. The van der Waals surface area contributed by atoms with Crippen LogP contribution in [0, 0.1) is 5.92 Å². The summed E-state index contributed by atoms with van der Waals surface area (Å²) in [5.41, 5.74) is 6.82. The van der Waals surface area contributed by atoms with E-state index in [-0.39, 0.29) is 6.10 Å². The number of nitrogens with two attached hydrogens (primary N) is 1. The molecule has 0 spiro atoms. The molecule has 1 aromatic carbocycles. The highest BCUT2D eigenvalue weighted by Gasteiger charge is 2.22. The van der Waals surface area contributed by atoms with E-state index in [4.69, 9.17) is 10.5 Å². The summed E-state index contributed by atoms with van der Waals surface area (Å²) < 4.78 is 7.97. The van der Waals surface area contributed by atoms with Crippen molar-refractivity contribution >= 4 is 0 Å². The van der Waals surface area contributed by atoms with Gasteiger partial charge in [0.2, 0.25) is 0 Å². The summed E-state index contributed by atoms with van der Waals surface area (Å²) in [6.45, 7) is 5.71. The summed E-state index contributed by atoms with van der Waals surface area (Å²) in [4.78, 5) is 0. The van der Waals surface area contributed by atoms with Gasteiger partial charge in [-0.05, 0) is 44.9 Å². The van der Waals surface area contributed by atoms with Crippen molar-refractivity contribution < 1.29 is 4.74 Å². The van der Waals surface area contributed by atoms with E-state index < -0.39 is 0 Å². The van der Waals surface area contributed by atoms with Gasteiger partial charge in [0.15, 0.2) is 5.82 Å². The van der Waals surface area contributed by atoms with E-state index in [0.717, 1.165) is 48.9 Å². The minimum atomic E-state index is 0.165. The van der Waals surface area contributed by atoms with Crippen LogP contribution in [0.5, 0.6) is 5.75 Å². The zero-order valence-corrected chi connectivity index (χ0v) is 12.6. The first-order valence-corrected chi connectivity index (χ1v) is 7.56. The van der Waals surface area contributed by atoms with Crippen LogP contribution >= 0.6 is 0 Å². The lowest BCUT2D eigenvalue weighted by Gasteiger charge is -2.22. The Kier molecular flexibility index (Phi) is 3.92. The van der Waals surface area contributed by atoms with Crippen molar-refractivity contribution in [1.29, 1.82) is 0 Å².